The molecule has 1 saturated heterocycles. The topological polar surface area (TPSA) is 71.3 Å². The van der Waals surface area contributed by atoms with E-state index in [2.05, 4.69) is 20.4 Å². The van der Waals surface area contributed by atoms with Crippen molar-refractivity contribution >= 4 is 17.5 Å². The number of rotatable bonds is 6. The summed E-state index contributed by atoms with van der Waals surface area (Å²) in [6, 6.07) is 15.5. The summed E-state index contributed by atoms with van der Waals surface area (Å²) >= 11 is 5.91. The molecule has 3 aromatic rings. The normalized spacial score (nSPS) is 17.1. The van der Waals surface area contributed by atoms with Crippen LogP contribution in [0.25, 0.3) is 11.4 Å². The van der Waals surface area contributed by atoms with Gasteiger partial charge in [0.15, 0.2) is 0 Å². The first-order valence-electron chi connectivity index (χ1n) is 10.2. The van der Waals surface area contributed by atoms with Crippen molar-refractivity contribution < 1.29 is 9.32 Å². The van der Waals surface area contributed by atoms with Crippen LogP contribution in [0.4, 0.5) is 0 Å². The maximum atomic E-state index is 12.6. The summed E-state index contributed by atoms with van der Waals surface area (Å²) in [4.78, 5) is 19.4. The number of carbonyl (C=O) groups is 1. The molecule has 30 heavy (non-hydrogen) atoms. The fourth-order valence-electron chi connectivity index (χ4n) is 3.79. The van der Waals surface area contributed by atoms with Gasteiger partial charge >= 0.3 is 0 Å². The van der Waals surface area contributed by atoms with Crippen LogP contribution in [0.1, 0.15) is 29.9 Å². The number of aryl methyl sites for hydroxylation is 1. The average Bonchev–Trinajstić information content (AvgIpc) is 3.22. The SMILES string of the molecule is Cc1ccccc1-c1noc(CN2CCCC(C(=O)NCc3ccc(Cl)cc3)C2)n1. The number of halogens is 1. The molecule has 1 atom stereocenters. The van der Waals surface area contributed by atoms with Crippen LogP contribution in [0.3, 0.4) is 0 Å². The number of hydrogen-bond acceptors (Lipinski definition) is 5. The van der Waals surface area contributed by atoms with Crippen LogP contribution >= 0.6 is 11.6 Å². The Morgan fingerprint density at radius 1 is 1.23 bits per heavy atom. The van der Waals surface area contributed by atoms with E-state index in [1.54, 1.807) is 0 Å². The summed E-state index contributed by atoms with van der Waals surface area (Å²) in [7, 11) is 0. The van der Waals surface area contributed by atoms with E-state index in [1.165, 1.54) is 0 Å². The van der Waals surface area contributed by atoms with Gasteiger partial charge in [-0.2, -0.15) is 4.98 Å². The monoisotopic (exact) mass is 424 g/mol. The number of nitrogens with one attached hydrogen (secondary N) is 1. The van der Waals surface area contributed by atoms with Crippen LogP contribution in [0.5, 0.6) is 0 Å². The molecule has 2 heterocycles. The molecule has 1 amide bonds. The van der Waals surface area contributed by atoms with Crippen molar-refractivity contribution in [2.75, 3.05) is 13.1 Å². The minimum atomic E-state index is -0.0372. The van der Waals surface area contributed by atoms with Crippen molar-refractivity contribution in [2.24, 2.45) is 5.92 Å². The Bertz CT molecular complexity index is 1000. The van der Waals surface area contributed by atoms with Gasteiger partial charge < -0.3 is 9.84 Å². The second-order valence-electron chi connectivity index (χ2n) is 7.75. The molecule has 0 radical (unpaired) electrons. The van der Waals surface area contributed by atoms with E-state index in [1.807, 2.05) is 55.5 Å². The zero-order chi connectivity index (χ0) is 20.9. The van der Waals surface area contributed by atoms with Crippen LogP contribution in [0.15, 0.2) is 53.1 Å². The maximum absolute atomic E-state index is 12.6. The second kappa shape index (κ2) is 9.41. The molecule has 4 rings (SSSR count). The Hall–Kier alpha value is -2.70. The van der Waals surface area contributed by atoms with Gasteiger partial charge in [-0.15, -0.1) is 0 Å². The highest BCUT2D eigenvalue weighted by molar-refractivity contribution is 6.30. The average molecular weight is 425 g/mol. The molecular weight excluding hydrogens is 400 g/mol. The van der Waals surface area contributed by atoms with Crippen molar-refractivity contribution in [3.8, 4) is 11.4 Å². The van der Waals surface area contributed by atoms with Gasteiger partial charge in [-0.05, 0) is 49.6 Å². The van der Waals surface area contributed by atoms with Crippen LogP contribution < -0.4 is 5.32 Å². The number of benzene rings is 2. The van der Waals surface area contributed by atoms with Crippen LogP contribution in [0.2, 0.25) is 5.02 Å². The third kappa shape index (κ3) is 5.07. The lowest BCUT2D eigenvalue weighted by atomic mass is 9.97. The Labute approximate surface area is 181 Å². The molecule has 2 aromatic carbocycles. The highest BCUT2D eigenvalue weighted by atomic mass is 35.5. The fourth-order valence-corrected chi connectivity index (χ4v) is 3.92. The number of hydrogen-bond donors (Lipinski definition) is 1. The molecule has 1 N–H and O–H groups in total. The molecule has 1 unspecified atom stereocenters. The van der Waals surface area contributed by atoms with E-state index in [0.29, 0.717) is 36.4 Å². The van der Waals surface area contributed by atoms with Gasteiger partial charge in [0.2, 0.25) is 17.6 Å². The first-order chi connectivity index (χ1) is 14.6. The molecular formula is C23H25ClN4O2. The molecule has 0 saturated carbocycles. The van der Waals surface area contributed by atoms with Gasteiger partial charge in [0.25, 0.3) is 0 Å². The quantitative estimate of drug-likeness (QED) is 0.641. The van der Waals surface area contributed by atoms with Gasteiger partial charge in [0.05, 0.1) is 12.5 Å². The summed E-state index contributed by atoms with van der Waals surface area (Å²) in [5, 5.41) is 7.87. The lowest BCUT2D eigenvalue weighted by molar-refractivity contribution is -0.127. The molecule has 1 aliphatic heterocycles. The Morgan fingerprint density at radius 3 is 2.83 bits per heavy atom. The van der Waals surface area contributed by atoms with Crippen molar-refractivity contribution in [3.63, 3.8) is 0 Å². The van der Waals surface area contributed by atoms with Gasteiger partial charge in [-0.3, -0.25) is 9.69 Å². The number of carbonyl (C=O) groups excluding carboxylic acids is 1. The summed E-state index contributed by atoms with van der Waals surface area (Å²) < 4.78 is 5.47. The van der Waals surface area contributed by atoms with Gasteiger partial charge in [-0.25, -0.2) is 0 Å². The minimum absolute atomic E-state index is 0.0372. The van der Waals surface area contributed by atoms with E-state index in [9.17, 15) is 4.79 Å². The molecule has 1 fully saturated rings. The van der Waals surface area contributed by atoms with Gasteiger partial charge in [0.1, 0.15) is 0 Å². The number of amides is 1. The molecule has 7 heteroatoms. The number of likely N-dealkylation sites (tertiary alicyclic amines) is 1. The van der Waals surface area contributed by atoms with Crippen molar-refractivity contribution in [3.05, 3.63) is 70.6 Å². The number of nitrogens with zero attached hydrogens (tertiary/aromatic N) is 3. The standard InChI is InChI=1S/C23H25ClN4O2/c1-16-5-2-3-7-20(16)22-26-21(30-27-22)15-28-12-4-6-18(14-28)23(29)25-13-17-8-10-19(24)11-9-17/h2-3,5,7-11,18H,4,6,12-15H2,1H3,(H,25,29). The summed E-state index contributed by atoms with van der Waals surface area (Å²) in [5.74, 6) is 1.23. The first kappa shape index (κ1) is 20.6. The van der Waals surface area contributed by atoms with Crippen LogP contribution in [0, 0.1) is 12.8 Å². The number of aromatic nitrogens is 2. The molecule has 1 aliphatic rings. The van der Waals surface area contributed by atoms with Gasteiger partial charge in [-0.1, -0.05) is 53.2 Å². The highest BCUT2D eigenvalue weighted by Crippen LogP contribution is 2.22. The molecule has 1 aromatic heterocycles. The van der Waals surface area contributed by atoms with Crippen LogP contribution in [-0.4, -0.2) is 34.0 Å². The summed E-state index contributed by atoms with van der Waals surface area (Å²) in [5.41, 5.74) is 3.13. The third-order valence-electron chi connectivity index (χ3n) is 5.47. The number of piperidine rings is 1. The van der Waals surface area contributed by atoms with E-state index >= 15 is 0 Å². The van der Waals surface area contributed by atoms with E-state index in [4.69, 9.17) is 16.1 Å². The Kier molecular flexibility index (Phi) is 6.45. The molecule has 6 nitrogen and oxygen atoms in total. The van der Waals surface area contributed by atoms with E-state index in [-0.39, 0.29) is 11.8 Å². The predicted octanol–water partition coefficient (Wildman–Crippen LogP) is 4.23. The Morgan fingerprint density at radius 2 is 2.03 bits per heavy atom. The lowest BCUT2D eigenvalue weighted by Gasteiger charge is -2.30. The molecule has 0 aliphatic carbocycles. The van der Waals surface area contributed by atoms with Crippen LogP contribution in [-0.2, 0) is 17.9 Å². The smallest absolute Gasteiger partial charge is 0.241 e. The zero-order valence-corrected chi connectivity index (χ0v) is 17.7. The molecule has 0 bridgehead atoms. The highest BCUT2D eigenvalue weighted by Gasteiger charge is 2.26. The molecule has 0 spiro atoms. The predicted molar refractivity (Wildman–Crippen MR) is 116 cm³/mol. The third-order valence-corrected chi connectivity index (χ3v) is 5.72. The lowest BCUT2D eigenvalue weighted by Crippen LogP contribution is -2.42. The maximum Gasteiger partial charge on any atom is 0.241 e. The first-order valence-corrected chi connectivity index (χ1v) is 10.6. The molecule has 156 valence electrons. The van der Waals surface area contributed by atoms with Gasteiger partial charge in [0, 0.05) is 23.7 Å². The minimum Gasteiger partial charge on any atom is -0.352 e. The van der Waals surface area contributed by atoms with Crippen molar-refractivity contribution in [1.82, 2.24) is 20.4 Å². The second-order valence-corrected chi connectivity index (χ2v) is 8.18. The van der Waals surface area contributed by atoms with Crippen molar-refractivity contribution in [1.29, 1.82) is 0 Å². The van der Waals surface area contributed by atoms with E-state index < -0.39 is 0 Å². The zero-order valence-electron chi connectivity index (χ0n) is 17.0. The summed E-state index contributed by atoms with van der Waals surface area (Å²) in [6.07, 6.45) is 1.86. The van der Waals surface area contributed by atoms with Crippen molar-refractivity contribution in [2.45, 2.75) is 32.9 Å². The Balaban J connectivity index is 1.32. The summed E-state index contributed by atoms with van der Waals surface area (Å²) in [6.45, 7) is 4.70. The fraction of sp³-hybridized carbons (Fsp3) is 0.348. The largest absolute Gasteiger partial charge is 0.352 e. The van der Waals surface area contributed by atoms with E-state index in [0.717, 1.165) is 36.1 Å².